The summed E-state index contributed by atoms with van der Waals surface area (Å²) in [6.45, 7) is 7.21. The molecule has 0 aliphatic heterocycles. The molecule has 2 rings (SSSR count). The lowest BCUT2D eigenvalue weighted by Gasteiger charge is -2.13. The van der Waals surface area contributed by atoms with E-state index in [1.165, 1.54) is 5.56 Å². The molecular weight excluding hydrogens is 238 g/mol. The fourth-order valence-corrected chi connectivity index (χ4v) is 2.13. The molecule has 0 unspecified atom stereocenters. The molecule has 0 radical (unpaired) electrons. The number of rotatable bonds is 5. The van der Waals surface area contributed by atoms with Crippen molar-refractivity contribution in [3.8, 4) is 5.75 Å². The topological polar surface area (TPSA) is 63.9 Å². The Bertz CT molecular complexity index is 546. The van der Waals surface area contributed by atoms with Crippen LogP contribution in [0.3, 0.4) is 0 Å². The van der Waals surface area contributed by atoms with Gasteiger partial charge in [-0.3, -0.25) is 5.10 Å². The minimum absolute atomic E-state index is 0.436. The van der Waals surface area contributed by atoms with Crippen LogP contribution in [0, 0.1) is 6.92 Å². The van der Waals surface area contributed by atoms with Crippen LogP contribution in [0.15, 0.2) is 24.3 Å². The zero-order chi connectivity index (χ0) is 13.8. The van der Waals surface area contributed by atoms with Crippen LogP contribution < -0.4 is 10.5 Å². The van der Waals surface area contributed by atoms with Crippen molar-refractivity contribution in [2.45, 2.75) is 39.8 Å². The minimum atomic E-state index is 0.436. The SMILES string of the molecule is Cc1[nH]nc(COc2ccccc2C(C)C)c1CN. The monoisotopic (exact) mass is 259 g/mol. The Hall–Kier alpha value is -1.81. The van der Waals surface area contributed by atoms with E-state index in [1.54, 1.807) is 0 Å². The number of benzene rings is 1. The molecule has 0 fully saturated rings. The standard InChI is InChI=1S/C15H21N3O/c1-10(2)12-6-4-5-7-15(12)19-9-14-13(8-16)11(3)17-18-14/h4-7,10H,8-9,16H2,1-3H3,(H,17,18). The Morgan fingerprint density at radius 1 is 1.32 bits per heavy atom. The van der Waals surface area contributed by atoms with Crippen molar-refractivity contribution in [2.75, 3.05) is 0 Å². The third kappa shape index (κ3) is 2.96. The molecule has 0 aliphatic rings. The van der Waals surface area contributed by atoms with Gasteiger partial charge in [0.2, 0.25) is 0 Å². The zero-order valence-corrected chi connectivity index (χ0v) is 11.7. The molecule has 0 amide bonds. The van der Waals surface area contributed by atoms with Crippen LogP contribution in [0.4, 0.5) is 0 Å². The van der Waals surface area contributed by atoms with Crippen molar-refractivity contribution >= 4 is 0 Å². The summed E-state index contributed by atoms with van der Waals surface area (Å²) >= 11 is 0. The van der Waals surface area contributed by atoms with Crippen LogP contribution in [0.5, 0.6) is 5.75 Å². The van der Waals surface area contributed by atoms with Gasteiger partial charge >= 0.3 is 0 Å². The number of nitrogens with two attached hydrogens (primary N) is 1. The third-order valence-electron chi connectivity index (χ3n) is 3.27. The first-order valence-electron chi connectivity index (χ1n) is 6.58. The minimum Gasteiger partial charge on any atom is -0.487 e. The summed E-state index contributed by atoms with van der Waals surface area (Å²) in [5.74, 6) is 1.35. The van der Waals surface area contributed by atoms with Crippen LogP contribution in [-0.4, -0.2) is 10.2 Å². The van der Waals surface area contributed by atoms with Gasteiger partial charge in [0.05, 0.1) is 0 Å². The van der Waals surface area contributed by atoms with Crippen LogP contribution >= 0.6 is 0 Å². The Kier molecular flexibility index (Phi) is 4.22. The van der Waals surface area contributed by atoms with E-state index in [9.17, 15) is 0 Å². The van der Waals surface area contributed by atoms with Crippen molar-refractivity contribution in [3.05, 3.63) is 46.8 Å². The second kappa shape index (κ2) is 5.89. The van der Waals surface area contributed by atoms with E-state index < -0.39 is 0 Å². The number of aromatic nitrogens is 2. The third-order valence-corrected chi connectivity index (χ3v) is 3.27. The van der Waals surface area contributed by atoms with E-state index in [0.717, 1.165) is 22.7 Å². The first-order valence-corrected chi connectivity index (χ1v) is 6.58. The normalized spacial score (nSPS) is 11.0. The quantitative estimate of drug-likeness (QED) is 0.867. The Morgan fingerprint density at radius 2 is 2.05 bits per heavy atom. The van der Waals surface area contributed by atoms with Gasteiger partial charge in [0.25, 0.3) is 0 Å². The first kappa shape index (κ1) is 13.6. The molecule has 4 heteroatoms. The summed E-state index contributed by atoms with van der Waals surface area (Å²) in [5.41, 5.74) is 9.88. The van der Waals surface area contributed by atoms with Crippen molar-refractivity contribution in [2.24, 2.45) is 5.73 Å². The Morgan fingerprint density at radius 3 is 2.74 bits per heavy atom. The smallest absolute Gasteiger partial charge is 0.132 e. The summed E-state index contributed by atoms with van der Waals surface area (Å²) in [5, 5.41) is 7.20. The van der Waals surface area contributed by atoms with Crippen LogP contribution in [0.2, 0.25) is 0 Å². The van der Waals surface area contributed by atoms with E-state index >= 15 is 0 Å². The first-order chi connectivity index (χ1) is 9.13. The van der Waals surface area contributed by atoms with Gasteiger partial charge in [-0.25, -0.2) is 0 Å². The maximum absolute atomic E-state index is 5.90. The number of hydrogen-bond acceptors (Lipinski definition) is 3. The number of aromatic amines is 1. The van der Waals surface area contributed by atoms with Gasteiger partial charge in [-0.1, -0.05) is 32.0 Å². The maximum Gasteiger partial charge on any atom is 0.132 e. The molecule has 0 saturated heterocycles. The molecule has 2 aromatic rings. The predicted octanol–water partition coefficient (Wildman–Crippen LogP) is 2.88. The lowest BCUT2D eigenvalue weighted by molar-refractivity contribution is 0.295. The highest BCUT2D eigenvalue weighted by atomic mass is 16.5. The van der Waals surface area contributed by atoms with E-state index in [-0.39, 0.29) is 0 Å². The molecule has 3 N–H and O–H groups in total. The summed E-state index contributed by atoms with van der Waals surface area (Å²) in [6.07, 6.45) is 0. The fraction of sp³-hybridized carbons (Fsp3) is 0.400. The van der Waals surface area contributed by atoms with Gasteiger partial charge in [0, 0.05) is 17.8 Å². The lowest BCUT2D eigenvalue weighted by atomic mass is 10.0. The van der Waals surface area contributed by atoms with Crippen LogP contribution in [0.25, 0.3) is 0 Å². The average Bonchev–Trinajstić information content (AvgIpc) is 2.77. The van der Waals surface area contributed by atoms with Gasteiger partial charge in [-0.2, -0.15) is 5.10 Å². The highest BCUT2D eigenvalue weighted by Gasteiger charge is 2.11. The van der Waals surface area contributed by atoms with Crippen molar-refractivity contribution in [1.29, 1.82) is 0 Å². The summed E-state index contributed by atoms with van der Waals surface area (Å²) < 4.78 is 5.90. The number of H-pyrrole nitrogens is 1. The second-order valence-electron chi connectivity index (χ2n) is 4.96. The van der Waals surface area contributed by atoms with Crippen LogP contribution in [-0.2, 0) is 13.2 Å². The highest BCUT2D eigenvalue weighted by molar-refractivity contribution is 5.36. The maximum atomic E-state index is 5.90. The average molecular weight is 259 g/mol. The molecule has 0 atom stereocenters. The summed E-state index contributed by atoms with van der Waals surface area (Å²) in [6, 6.07) is 8.11. The van der Waals surface area contributed by atoms with Gasteiger partial charge in [0.1, 0.15) is 18.1 Å². The lowest BCUT2D eigenvalue weighted by Crippen LogP contribution is -2.05. The van der Waals surface area contributed by atoms with E-state index in [1.807, 2.05) is 25.1 Å². The number of nitrogens with zero attached hydrogens (tertiary/aromatic N) is 1. The fourth-order valence-electron chi connectivity index (χ4n) is 2.13. The molecule has 1 heterocycles. The molecule has 0 spiro atoms. The number of ether oxygens (including phenoxy) is 1. The van der Waals surface area contributed by atoms with Crippen molar-refractivity contribution in [3.63, 3.8) is 0 Å². The predicted molar refractivity (Wildman–Crippen MR) is 76.1 cm³/mol. The Labute approximate surface area is 114 Å². The van der Waals surface area contributed by atoms with Crippen molar-refractivity contribution in [1.82, 2.24) is 10.2 Å². The van der Waals surface area contributed by atoms with Gasteiger partial charge in [-0.15, -0.1) is 0 Å². The second-order valence-corrected chi connectivity index (χ2v) is 4.96. The number of hydrogen-bond donors (Lipinski definition) is 2. The number of aryl methyl sites for hydroxylation is 1. The van der Waals surface area contributed by atoms with Gasteiger partial charge in [0.15, 0.2) is 0 Å². The molecule has 0 aliphatic carbocycles. The summed E-state index contributed by atoms with van der Waals surface area (Å²) in [4.78, 5) is 0. The van der Waals surface area contributed by atoms with E-state index in [0.29, 0.717) is 19.1 Å². The molecule has 0 saturated carbocycles. The van der Waals surface area contributed by atoms with Crippen LogP contribution in [0.1, 0.15) is 42.3 Å². The molecule has 19 heavy (non-hydrogen) atoms. The molecular formula is C15H21N3O. The zero-order valence-electron chi connectivity index (χ0n) is 11.7. The van der Waals surface area contributed by atoms with E-state index in [2.05, 4.69) is 30.1 Å². The van der Waals surface area contributed by atoms with Gasteiger partial charge < -0.3 is 10.5 Å². The van der Waals surface area contributed by atoms with E-state index in [4.69, 9.17) is 10.5 Å². The largest absolute Gasteiger partial charge is 0.487 e. The molecule has 4 nitrogen and oxygen atoms in total. The summed E-state index contributed by atoms with van der Waals surface area (Å²) in [7, 11) is 0. The van der Waals surface area contributed by atoms with Crippen molar-refractivity contribution < 1.29 is 4.74 Å². The number of nitrogens with one attached hydrogen (secondary N) is 1. The molecule has 102 valence electrons. The molecule has 1 aromatic carbocycles. The Balaban J connectivity index is 2.14. The molecule has 0 bridgehead atoms. The number of para-hydroxylation sites is 1. The van der Waals surface area contributed by atoms with Gasteiger partial charge in [-0.05, 0) is 24.5 Å². The molecule has 1 aromatic heterocycles. The highest BCUT2D eigenvalue weighted by Crippen LogP contribution is 2.26.